The van der Waals surface area contributed by atoms with Crippen LogP contribution in [0.15, 0.2) is 53.6 Å². The molecule has 0 aliphatic heterocycles. The minimum atomic E-state index is -0.475. The van der Waals surface area contributed by atoms with Crippen LogP contribution in [0.1, 0.15) is 36.2 Å². The number of hydrogen-bond acceptors (Lipinski definition) is 5. The third kappa shape index (κ3) is 5.13. The number of carbonyl (C=O) groups excluding carboxylic acids is 1. The van der Waals surface area contributed by atoms with Gasteiger partial charge in [-0.3, -0.25) is 14.9 Å². The molecular formula is C18H19N3O4. The summed E-state index contributed by atoms with van der Waals surface area (Å²) in [5, 5.41) is 14.8. The van der Waals surface area contributed by atoms with Crippen molar-refractivity contribution >= 4 is 17.3 Å². The molecule has 2 aromatic carbocycles. The highest BCUT2D eigenvalue weighted by molar-refractivity contribution is 6.01. The number of rotatable bonds is 7. The molecule has 2 rings (SSSR count). The van der Waals surface area contributed by atoms with E-state index < -0.39 is 4.92 Å². The van der Waals surface area contributed by atoms with Crippen LogP contribution in [0.3, 0.4) is 0 Å². The predicted molar refractivity (Wildman–Crippen MR) is 95.0 cm³/mol. The lowest BCUT2D eigenvalue weighted by Gasteiger charge is -2.06. The Hall–Kier alpha value is -3.22. The highest BCUT2D eigenvalue weighted by atomic mass is 16.6. The van der Waals surface area contributed by atoms with Crippen LogP contribution in [-0.2, 0) is 0 Å². The van der Waals surface area contributed by atoms with E-state index >= 15 is 0 Å². The number of carbonyl (C=O) groups is 1. The summed E-state index contributed by atoms with van der Waals surface area (Å²) in [5.74, 6) is 0.335. The lowest BCUT2D eigenvalue weighted by Crippen LogP contribution is -2.19. The molecule has 0 spiro atoms. The summed E-state index contributed by atoms with van der Waals surface area (Å²) < 4.78 is 5.46. The van der Waals surface area contributed by atoms with Crippen molar-refractivity contribution in [3.63, 3.8) is 0 Å². The van der Waals surface area contributed by atoms with Gasteiger partial charge < -0.3 is 4.74 Å². The minimum Gasteiger partial charge on any atom is -0.494 e. The molecule has 0 aliphatic carbocycles. The fourth-order valence-electron chi connectivity index (χ4n) is 2.03. The number of nitro groups is 1. The fraction of sp³-hybridized carbons (Fsp3) is 0.222. The van der Waals surface area contributed by atoms with Gasteiger partial charge in [0.05, 0.1) is 17.2 Å². The molecule has 130 valence electrons. The second-order valence-electron chi connectivity index (χ2n) is 5.32. The monoisotopic (exact) mass is 341 g/mol. The number of hydrazone groups is 1. The van der Waals surface area contributed by atoms with Gasteiger partial charge in [0.25, 0.3) is 11.6 Å². The molecule has 2 aromatic rings. The Bertz CT molecular complexity index is 785. The summed E-state index contributed by atoms with van der Waals surface area (Å²) in [7, 11) is 0. The second kappa shape index (κ2) is 8.58. The number of hydrogen-bond donors (Lipinski definition) is 1. The van der Waals surface area contributed by atoms with E-state index in [1.54, 1.807) is 43.3 Å². The molecule has 0 bridgehead atoms. The molecule has 0 unspecified atom stereocenters. The highest BCUT2D eigenvalue weighted by Gasteiger charge is 2.09. The number of nitro benzene ring substituents is 1. The molecule has 1 amide bonds. The molecule has 0 saturated carbocycles. The van der Waals surface area contributed by atoms with Crippen molar-refractivity contribution in [2.24, 2.45) is 5.10 Å². The van der Waals surface area contributed by atoms with Crippen LogP contribution in [0.5, 0.6) is 5.75 Å². The van der Waals surface area contributed by atoms with E-state index in [-0.39, 0.29) is 11.6 Å². The van der Waals surface area contributed by atoms with E-state index in [4.69, 9.17) is 4.74 Å². The summed E-state index contributed by atoms with van der Waals surface area (Å²) in [6.07, 6.45) is 0.911. The van der Waals surface area contributed by atoms with Crippen molar-refractivity contribution in [1.29, 1.82) is 0 Å². The Kier molecular flexibility index (Phi) is 6.22. The van der Waals surface area contributed by atoms with Gasteiger partial charge in [0.2, 0.25) is 0 Å². The Morgan fingerprint density at radius 3 is 2.56 bits per heavy atom. The topological polar surface area (TPSA) is 93.8 Å². The summed E-state index contributed by atoms with van der Waals surface area (Å²) in [6.45, 7) is 4.31. The maximum Gasteiger partial charge on any atom is 0.271 e. The van der Waals surface area contributed by atoms with Crippen LogP contribution in [0.4, 0.5) is 5.69 Å². The van der Waals surface area contributed by atoms with Gasteiger partial charge in [-0.2, -0.15) is 5.10 Å². The van der Waals surface area contributed by atoms with Crippen LogP contribution in [0.25, 0.3) is 0 Å². The Balaban J connectivity index is 2.03. The van der Waals surface area contributed by atoms with Crippen LogP contribution in [0, 0.1) is 10.1 Å². The molecule has 25 heavy (non-hydrogen) atoms. The van der Waals surface area contributed by atoms with E-state index in [0.717, 1.165) is 6.42 Å². The molecule has 0 aromatic heterocycles. The first-order valence-electron chi connectivity index (χ1n) is 7.83. The van der Waals surface area contributed by atoms with Crippen molar-refractivity contribution in [2.75, 3.05) is 6.61 Å². The smallest absolute Gasteiger partial charge is 0.271 e. The number of amides is 1. The van der Waals surface area contributed by atoms with E-state index in [1.807, 2.05) is 6.92 Å². The van der Waals surface area contributed by atoms with Gasteiger partial charge >= 0.3 is 0 Å². The zero-order valence-electron chi connectivity index (χ0n) is 14.1. The zero-order valence-corrected chi connectivity index (χ0v) is 14.1. The number of non-ortho nitro benzene ring substituents is 1. The van der Waals surface area contributed by atoms with Crippen molar-refractivity contribution in [3.8, 4) is 5.75 Å². The molecule has 0 heterocycles. The molecule has 0 radical (unpaired) electrons. The quantitative estimate of drug-likeness (QED) is 0.473. The van der Waals surface area contributed by atoms with Gasteiger partial charge in [0, 0.05) is 23.3 Å². The standard InChI is InChI=1S/C18H19N3O4/c1-3-11-25-17-9-7-14(8-10-17)18(22)20-19-13(2)15-5-4-6-16(12-15)21(23)24/h4-10,12H,3,11H2,1-2H3,(H,20,22)/b19-13-. The molecule has 0 atom stereocenters. The van der Waals surface area contributed by atoms with Gasteiger partial charge in [-0.05, 0) is 37.6 Å². The van der Waals surface area contributed by atoms with Gasteiger partial charge in [0.15, 0.2) is 0 Å². The average molecular weight is 341 g/mol. The SMILES string of the molecule is CCCOc1ccc(C(=O)N/N=C(/C)c2cccc([N+](=O)[O-])c2)cc1. The molecule has 1 N–H and O–H groups in total. The van der Waals surface area contributed by atoms with Gasteiger partial charge in [0.1, 0.15) is 5.75 Å². The number of nitrogens with one attached hydrogen (secondary N) is 1. The van der Waals surface area contributed by atoms with E-state index in [1.165, 1.54) is 12.1 Å². The zero-order chi connectivity index (χ0) is 18.2. The largest absolute Gasteiger partial charge is 0.494 e. The highest BCUT2D eigenvalue weighted by Crippen LogP contribution is 2.14. The predicted octanol–water partition coefficient (Wildman–Crippen LogP) is 3.54. The van der Waals surface area contributed by atoms with E-state index in [0.29, 0.717) is 29.2 Å². The Labute approximate surface area is 145 Å². The van der Waals surface area contributed by atoms with Gasteiger partial charge in [-0.25, -0.2) is 5.43 Å². The van der Waals surface area contributed by atoms with Crippen molar-refractivity contribution in [3.05, 3.63) is 69.8 Å². The average Bonchev–Trinajstić information content (AvgIpc) is 2.64. The lowest BCUT2D eigenvalue weighted by atomic mass is 10.1. The summed E-state index contributed by atoms with van der Waals surface area (Å²) in [4.78, 5) is 22.4. The second-order valence-corrected chi connectivity index (χ2v) is 5.32. The van der Waals surface area contributed by atoms with Crippen molar-refractivity contribution in [2.45, 2.75) is 20.3 Å². The molecule has 0 fully saturated rings. The summed E-state index contributed by atoms with van der Waals surface area (Å²) in [5.41, 5.74) is 3.90. The molecular weight excluding hydrogens is 322 g/mol. The third-order valence-electron chi connectivity index (χ3n) is 3.39. The molecule has 7 heteroatoms. The first-order valence-corrected chi connectivity index (χ1v) is 7.83. The van der Waals surface area contributed by atoms with E-state index in [9.17, 15) is 14.9 Å². The Morgan fingerprint density at radius 1 is 1.20 bits per heavy atom. The maximum atomic E-state index is 12.1. The molecule has 0 aliphatic rings. The number of benzene rings is 2. The lowest BCUT2D eigenvalue weighted by molar-refractivity contribution is -0.384. The van der Waals surface area contributed by atoms with Crippen molar-refractivity contribution in [1.82, 2.24) is 5.43 Å². The van der Waals surface area contributed by atoms with Crippen LogP contribution >= 0.6 is 0 Å². The summed E-state index contributed by atoms with van der Waals surface area (Å²) >= 11 is 0. The van der Waals surface area contributed by atoms with E-state index in [2.05, 4.69) is 10.5 Å². The Morgan fingerprint density at radius 2 is 1.92 bits per heavy atom. The third-order valence-corrected chi connectivity index (χ3v) is 3.39. The molecule has 0 saturated heterocycles. The fourth-order valence-corrected chi connectivity index (χ4v) is 2.03. The molecule has 7 nitrogen and oxygen atoms in total. The van der Waals surface area contributed by atoms with Crippen molar-refractivity contribution < 1.29 is 14.5 Å². The van der Waals surface area contributed by atoms with Crippen LogP contribution < -0.4 is 10.2 Å². The number of nitrogens with zero attached hydrogens (tertiary/aromatic N) is 2. The van der Waals surface area contributed by atoms with Crippen LogP contribution in [-0.4, -0.2) is 23.1 Å². The van der Waals surface area contributed by atoms with Crippen LogP contribution in [0.2, 0.25) is 0 Å². The number of ether oxygens (including phenoxy) is 1. The minimum absolute atomic E-state index is 0.0268. The maximum absolute atomic E-state index is 12.1. The summed E-state index contributed by atoms with van der Waals surface area (Å²) in [6, 6.07) is 12.8. The first kappa shape index (κ1) is 18.1. The van der Waals surface area contributed by atoms with Gasteiger partial charge in [-0.15, -0.1) is 0 Å². The van der Waals surface area contributed by atoms with Gasteiger partial charge in [-0.1, -0.05) is 19.1 Å². The first-order chi connectivity index (χ1) is 12.0. The normalized spacial score (nSPS) is 11.0.